The van der Waals surface area contributed by atoms with E-state index in [2.05, 4.69) is 11.6 Å². The summed E-state index contributed by atoms with van der Waals surface area (Å²) in [6, 6.07) is 5.88. The van der Waals surface area contributed by atoms with Gasteiger partial charge in [-0.25, -0.2) is 0 Å². The molecule has 0 aromatic heterocycles. The largest absolute Gasteiger partial charge is 0.492 e. The number of ether oxygens (including phenoxy) is 1. The van der Waals surface area contributed by atoms with E-state index in [1.807, 2.05) is 36.9 Å². The van der Waals surface area contributed by atoms with Crippen molar-refractivity contribution in [1.82, 2.24) is 0 Å². The minimum Gasteiger partial charge on any atom is -0.492 e. The molecule has 0 radical (unpaired) electrons. The van der Waals surface area contributed by atoms with Gasteiger partial charge in [0.1, 0.15) is 5.75 Å². The summed E-state index contributed by atoms with van der Waals surface area (Å²) in [6.07, 6.45) is 4.81. The van der Waals surface area contributed by atoms with Crippen LogP contribution in [0.2, 0.25) is 0 Å². The molecule has 1 aromatic carbocycles. The van der Waals surface area contributed by atoms with Crippen molar-refractivity contribution in [2.75, 3.05) is 30.5 Å². The van der Waals surface area contributed by atoms with Gasteiger partial charge in [0, 0.05) is 23.0 Å². The van der Waals surface area contributed by atoms with Gasteiger partial charge in [0.2, 0.25) is 0 Å². The Bertz CT molecular complexity index is 391. The fourth-order valence-electron chi connectivity index (χ4n) is 1.78. The van der Waals surface area contributed by atoms with Gasteiger partial charge < -0.3 is 15.8 Å². The van der Waals surface area contributed by atoms with Crippen LogP contribution in [0.4, 0.5) is 11.4 Å². The summed E-state index contributed by atoms with van der Waals surface area (Å²) in [6.45, 7) is 3.62. The van der Waals surface area contributed by atoms with Crippen LogP contribution in [0.15, 0.2) is 18.2 Å². The molecule has 94 valence electrons. The molecular weight excluding hydrogens is 232 g/mol. The monoisotopic (exact) mass is 252 g/mol. The molecule has 4 heteroatoms. The first-order chi connectivity index (χ1) is 8.19. The lowest BCUT2D eigenvalue weighted by molar-refractivity contribution is 0.342. The molecule has 0 unspecified atom stereocenters. The van der Waals surface area contributed by atoms with E-state index in [-0.39, 0.29) is 0 Å². The van der Waals surface area contributed by atoms with Crippen molar-refractivity contribution in [3.63, 3.8) is 0 Å². The second kappa shape index (κ2) is 5.08. The molecule has 1 saturated carbocycles. The summed E-state index contributed by atoms with van der Waals surface area (Å²) < 4.78 is 5.95. The number of benzene rings is 1. The number of hydrogen-bond donors (Lipinski definition) is 2. The summed E-state index contributed by atoms with van der Waals surface area (Å²) in [5.74, 6) is 0.770. The summed E-state index contributed by atoms with van der Waals surface area (Å²) in [4.78, 5) is 0. The standard InChI is InChI=1S/C13H20N2OS/c1-3-16-12-8-10(4-5-11(12)14)15-9-13(17-2)6-7-13/h4-5,8,15H,3,6-7,9,14H2,1-2H3. The zero-order chi connectivity index (χ0) is 12.3. The van der Waals surface area contributed by atoms with Crippen molar-refractivity contribution >= 4 is 23.1 Å². The van der Waals surface area contributed by atoms with E-state index in [1.54, 1.807) is 0 Å². The predicted molar refractivity (Wildman–Crippen MR) is 76.0 cm³/mol. The van der Waals surface area contributed by atoms with Gasteiger partial charge >= 0.3 is 0 Å². The Labute approximate surface area is 107 Å². The predicted octanol–water partition coefficient (Wildman–Crippen LogP) is 2.98. The average molecular weight is 252 g/mol. The van der Waals surface area contributed by atoms with Gasteiger partial charge in [-0.15, -0.1) is 0 Å². The average Bonchev–Trinajstić information content (AvgIpc) is 3.11. The number of nitrogens with one attached hydrogen (secondary N) is 1. The Kier molecular flexibility index (Phi) is 3.72. The maximum atomic E-state index is 5.84. The van der Waals surface area contributed by atoms with Crippen molar-refractivity contribution in [2.45, 2.75) is 24.5 Å². The van der Waals surface area contributed by atoms with Crippen molar-refractivity contribution in [1.29, 1.82) is 0 Å². The summed E-state index contributed by atoms with van der Waals surface area (Å²) in [7, 11) is 0. The van der Waals surface area contributed by atoms with Crippen LogP contribution in [-0.4, -0.2) is 24.2 Å². The molecule has 1 aliphatic carbocycles. The summed E-state index contributed by atoms with van der Waals surface area (Å²) in [5.41, 5.74) is 7.62. The number of hydrogen-bond acceptors (Lipinski definition) is 4. The SMILES string of the molecule is CCOc1cc(NCC2(SC)CC2)ccc1N. The van der Waals surface area contributed by atoms with Crippen molar-refractivity contribution in [3.8, 4) is 5.75 Å². The first-order valence-corrected chi connectivity index (χ1v) is 7.23. The highest BCUT2D eigenvalue weighted by atomic mass is 32.2. The van der Waals surface area contributed by atoms with Gasteiger partial charge in [0.25, 0.3) is 0 Å². The zero-order valence-corrected chi connectivity index (χ0v) is 11.3. The van der Waals surface area contributed by atoms with E-state index in [9.17, 15) is 0 Å². The molecule has 0 spiro atoms. The highest BCUT2D eigenvalue weighted by Gasteiger charge is 2.41. The third-order valence-corrected chi connectivity index (χ3v) is 4.59. The molecule has 3 nitrogen and oxygen atoms in total. The lowest BCUT2D eigenvalue weighted by Gasteiger charge is -2.15. The van der Waals surface area contributed by atoms with Gasteiger partial charge in [-0.05, 0) is 38.2 Å². The maximum Gasteiger partial charge on any atom is 0.144 e. The van der Waals surface area contributed by atoms with Crippen LogP contribution in [0, 0.1) is 0 Å². The van der Waals surface area contributed by atoms with E-state index >= 15 is 0 Å². The highest BCUT2D eigenvalue weighted by molar-refractivity contribution is 8.00. The molecule has 1 fully saturated rings. The molecule has 0 heterocycles. The van der Waals surface area contributed by atoms with Crippen LogP contribution in [0.5, 0.6) is 5.75 Å². The number of thioether (sulfide) groups is 1. The van der Waals surface area contributed by atoms with Crippen LogP contribution >= 0.6 is 11.8 Å². The smallest absolute Gasteiger partial charge is 0.144 e. The Morgan fingerprint density at radius 2 is 2.24 bits per heavy atom. The molecule has 3 N–H and O–H groups in total. The van der Waals surface area contributed by atoms with Crippen molar-refractivity contribution < 1.29 is 4.74 Å². The summed E-state index contributed by atoms with van der Waals surface area (Å²) >= 11 is 1.96. The van der Waals surface area contributed by atoms with Crippen molar-refractivity contribution in [2.24, 2.45) is 0 Å². The van der Waals surface area contributed by atoms with Crippen LogP contribution < -0.4 is 15.8 Å². The topological polar surface area (TPSA) is 47.3 Å². The highest BCUT2D eigenvalue weighted by Crippen LogP contribution is 2.47. The fourth-order valence-corrected chi connectivity index (χ4v) is 2.51. The number of nitrogen functional groups attached to an aromatic ring is 1. The lowest BCUT2D eigenvalue weighted by Crippen LogP contribution is -2.17. The van der Waals surface area contributed by atoms with Gasteiger partial charge in [-0.1, -0.05) is 0 Å². The first-order valence-electron chi connectivity index (χ1n) is 6.00. The molecule has 1 aliphatic rings. The zero-order valence-electron chi connectivity index (χ0n) is 10.5. The lowest BCUT2D eigenvalue weighted by atomic mass is 10.2. The molecule has 17 heavy (non-hydrogen) atoms. The van der Waals surface area contributed by atoms with Crippen LogP contribution in [0.25, 0.3) is 0 Å². The van der Waals surface area contributed by atoms with Crippen LogP contribution in [0.1, 0.15) is 19.8 Å². The molecule has 0 aliphatic heterocycles. The third-order valence-electron chi connectivity index (χ3n) is 3.17. The Morgan fingerprint density at radius 3 is 2.82 bits per heavy atom. The van der Waals surface area contributed by atoms with Gasteiger partial charge in [-0.3, -0.25) is 0 Å². The fraction of sp³-hybridized carbons (Fsp3) is 0.538. The van der Waals surface area contributed by atoms with Crippen LogP contribution in [-0.2, 0) is 0 Å². The Morgan fingerprint density at radius 1 is 1.47 bits per heavy atom. The minimum atomic E-state index is 0.465. The second-order valence-electron chi connectivity index (χ2n) is 4.43. The molecule has 0 saturated heterocycles. The van der Waals surface area contributed by atoms with Gasteiger partial charge in [-0.2, -0.15) is 11.8 Å². The van der Waals surface area contributed by atoms with Gasteiger partial charge in [0.05, 0.1) is 12.3 Å². The number of rotatable bonds is 6. The molecular formula is C13H20N2OS. The van der Waals surface area contributed by atoms with E-state index in [1.165, 1.54) is 12.8 Å². The third kappa shape index (κ3) is 3.00. The molecule has 1 aromatic rings. The molecule has 2 rings (SSSR count). The number of nitrogens with two attached hydrogens (primary N) is 1. The molecule has 0 bridgehead atoms. The van der Waals surface area contributed by atoms with E-state index in [0.29, 0.717) is 17.0 Å². The minimum absolute atomic E-state index is 0.465. The van der Waals surface area contributed by atoms with Crippen molar-refractivity contribution in [3.05, 3.63) is 18.2 Å². The Hall–Kier alpha value is -1.03. The van der Waals surface area contributed by atoms with E-state index < -0.39 is 0 Å². The second-order valence-corrected chi connectivity index (χ2v) is 5.70. The molecule has 0 atom stereocenters. The maximum absolute atomic E-state index is 5.84. The quantitative estimate of drug-likeness (QED) is 0.764. The van der Waals surface area contributed by atoms with Gasteiger partial charge in [0.15, 0.2) is 0 Å². The Balaban J connectivity index is 1.98. The van der Waals surface area contributed by atoms with E-state index in [0.717, 1.165) is 18.0 Å². The summed E-state index contributed by atoms with van der Waals surface area (Å²) in [5, 5.41) is 3.47. The van der Waals surface area contributed by atoms with E-state index in [4.69, 9.17) is 10.5 Å². The normalized spacial score (nSPS) is 16.6. The molecule has 0 amide bonds. The van der Waals surface area contributed by atoms with Crippen LogP contribution in [0.3, 0.4) is 0 Å². The number of anilines is 2. The first kappa shape index (κ1) is 12.4.